The van der Waals surface area contributed by atoms with E-state index in [9.17, 15) is 4.79 Å². The van der Waals surface area contributed by atoms with Crippen molar-refractivity contribution in [1.29, 1.82) is 0 Å². The smallest absolute Gasteiger partial charge is 0.303 e. The third-order valence-electron chi connectivity index (χ3n) is 2.63. The Labute approximate surface area is 77.7 Å². The molecule has 1 aliphatic heterocycles. The van der Waals surface area contributed by atoms with Crippen molar-refractivity contribution in [2.24, 2.45) is 17.8 Å². The highest BCUT2D eigenvalue weighted by Crippen LogP contribution is 2.34. The molecular weight excluding hydrogens is 172 g/mol. The highest BCUT2D eigenvalue weighted by atomic mass is 32.2. The van der Waals surface area contributed by atoms with E-state index >= 15 is 0 Å². The fraction of sp³-hybridized carbons (Fsp3) is 0.889. The Morgan fingerprint density at radius 2 is 1.92 bits per heavy atom. The Morgan fingerprint density at radius 1 is 1.42 bits per heavy atom. The maximum Gasteiger partial charge on any atom is 0.303 e. The van der Waals surface area contributed by atoms with Crippen LogP contribution in [0.4, 0.5) is 0 Å². The van der Waals surface area contributed by atoms with Crippen LogP contribution in [0.15, 0.2) is 0 Å². The van der Waals surface area contributed by atoms with Gasteiger partial charge in [-0.25, -0.2) is 0 Å². The van der Waals surface area contributed by atoms with Gasteiger partial charge >= 0.3 is 5.97 Å². The van der Waals surface area contributed by atoms with Crippen LogP contribution in [0.25, 0.3) is 0 Å². The van der Waals surface area contributed by atoms with Gasteiger partial charge in [-0.05, 0) is 29.3 Å². The second kappa shape index (κ2) is 4.17. The first-order valence-corrected chi connectivity index (χ1v) is 5.56. The zero-order valence-corrected chi connectivity index (χ0v) is 8.43. The molecule has 2 unspecified atom stereocenters. The van der Waals surface area contributed by atoms with Gasteiger partial charge in [0.25, 0.3) is 0 Å². The minimum absolute atomic E-state index is 0.350. The molecule has 12 heavy (non-hydrogen) atoms. The van der Waals surface area contributed by atoms with Crippen LogP contribution in [0.1, 0.15) is 20.3 Å². The van der Waals surface area contributed by atoms with Crippen LogP contribution in [-0.2, 0) is 4.79 Å². The number of hydrogen-bond donors (Lipinski definition) is 1. The number of carbonyl (C=O) groups is 1. The van der Waals surface area contributed by atoms with Crippen LogP contribution in [0, 0.1) is 17.8 Å². The predicted octanol–water partition coefficient (Wildman–Crippen LogP) is 2.10. The van der Waals surface area contributed by atoms with Gasteiger partial charge in [0.2, 0.25) is 0 Å². The number of aliphatic carboxylic acids is 1. The van der Waals surface area contributed by atoms with Crippen LogP contribution in [-0.4, -0.2) is 22.6 Å². The Morgan fingerprint density at radius 3 is 2.33 bits per heavy atom. The molecule has 0 aromatic carbocycles. The molecule has 0 aromatic rings. The molecule has 0 saturated carbocycles. The summed E-state index contributed by atoms with van der Waals surface area (Å²) in [5.74, 6) is 3.13. The number of rotatable bonds is 2. The fourth-order valence-electron chi connectivity index (χ4n) is 1.85. The van der Waals surface area contributed by atoms with E-state index < -0.39 is 5.97 Å². The number of thioether (sulfide) groups is 1. The van der Waals surface area contributed by atoms with Crippen molar-refractivity contribution in [1.82, 2.24) is 0 Å². The summed E-state index contributed by atoms with van der Waals surface area (Å²) >= 11 is 1.95. The van der Waals surface area contributed by atoms with Gasteiger partial charge in [-0.1, -0.05) is 13.8 Å². The minimum atomic E-state index is -0.648. The summed E-state index contributed by atoms with van der Waals surface area (Å²) in [5.41, 5.74) is 0. The third kappa shape index (κ3) is 2.41. The Kier molecular flexibility index (Phi) is 3.44. The van der Waals surface area contributed by atoms with E-state index in [4.69, 9.17) is 5.11 Å². The highest BCUT2D eigenvalue weighted by Gasteiger charge is 2.29. The molecule has 0 aliphatic carbocycles. The lowest BCUT2D eigenvalue weighted by atomic mass is 9.82. The second-order valence-corrected chi connectivity index (χ2v) is 4.83. The third-order valence-corrected chi connectivity index (χ3v) is 4.16. The van der Waals surface area contributed by atoms with Gasteiger partial charge < -0.3 is 5.11 Å². The molecule has 70 valence electrons. The lowest BCUT2D eigenvalue weighted by Gasteiger charge is -2.33. The lowest BCUT2D eigenvalue weighted by Crippen LogP contribution is -2.30. The van der Waals surface area contributed by atoms with Crippen molar-refractivity contribution in [3.05, 3.63) is 0 Å². The van der Waals surface area contributed by atoms with Crippen LogP contribution in [0.5, 0.6) is 0 Å². The first kappa shape index (κ1) is 9.90. The van der Waals surface area contributed by atoms with Crippen LogP contribution in [0.3, 0.4) is 0 Å². The quantitative estimate of drug-likeness (QED) is 0.721. The summed E-state index contributed by atoms with van der Waals surface area (Å²) < 4.78 is 0. The van der Waals surface area contributed by atoms with E-state index in [1.165, 1.54) is 0 Å². The van der Waals surface area contributed by atoms with Crippen molar-refractivity contribution in [2.75, 3.05) is 11.5 Å². The number of hydrogen-bond acceptors (Lipinski definition) is 2. The molecule has 0 amide bonds. The highest BCUT2D eigenvalue weighted by molar-refractivity contribution is 7.99. The number of carboxylic acids is 1. The largest absolute Gasteiger partial charge is 0.481 e. The summed E-state index contributed by atoms with van der Waals surface area (Å²) in [4.78, 5) is 10.6. The molecule has 0 bridgehead atoms. The van der Waals surface area contributed by atoms with Gasteiger partial charge in [-0.15, -0.1) is 0 Å². The van der Waals surface area contributed by atoms with Crippen molar-refractivity contribution >= 4 is 17.7 Å². The molecule has 2 atom stereocenters. The molecule has 0 spiro atoms. The van der Waals surface area contributed by atoms with Crippen molar-refractivity contribution in [3.63, 3.8) is 0 Å². The van der Waals surface area contributed by atoms with E-state index in [1.807, 2.05) is 11.8 Å². The maximum absolute atomic E-state index is 10.6. The molecule has 1 N–H and O–H groups in total. The second-order valence-electron chi connectivity index (χ2n) is 3.75. The molecule has 1 fully saturated rings. The van der Waals surface area contributed by atoms with Crippen molar-refractivity contribution in [2.45, 2.75) is 20.3 Å². The average Bonchev–Trinajstić information content (AvgIpc) is 1.97. The fourth-order valence-corrected chi connectivity index (χ4v) is 3.23. The maximum atomic E-state index is 10.6. The van der Waals surface area contributed by atoms with E-state index in [0.29, 0.717) is 24.2 Å². The molecule has 0 radical (unpaired) electrons. The summed E-state index contributed by atoms with van der Waals surface area (Å²) in [6.07, 6.45) is 0.350. The van der Waals surface area contributed by atoms with Gasteiger partial charge in [0, 0.05) is 6.42 Å². The first-order chi connectivity index (χ1) is 5.61. The monoisotopic (exact) mass is 188 g/mol. The molecular formula is C9H16O2S. The minimum Gasteiger partial charge on any atom is -0.481 e. The molecule has 1 aliphatic rings. The Hall–Kier alpha value is -0.180. The Bertz CT molecular complexity index is 160. The van der Waals surface area contributed by atoms with Gasteiger partial charge in [0.05, 0.1) is 0 Å². The molecule has 2 nitrogen and oxygen atoms in total. The summed E-state index contributed by atoms with van der Waals surface area (Å²) in [6.45, 7) is 4.33. The zero-order chi connectivity index (χ0) is 9.14. The molecule has 1 rings (SSSR count). The Balaban J connectivity index is 2.50. The summed E-state index contributed by atoms with van der Waals surface area (Å²) in [7, 11) is 0. The van der Waals surface area contributed by atoms with E-state index in [0.717, 1.165) is 11.5 Å². The van der Waals surface area contributed by atoms with Crippen LogP contribution >= 0.6 is 11.8 Å². The zero-order valence-electron chi connectivity index (χ0n) is 7.62. The van der Waals surface area contributed by atoms with Gasteiger partial charge in [0.15, 0.2) is 0 Å². The van der Waals surface area contributed by atoms with Crippen molar-refractivity contribution < 1.29 is 9.90 Å². The molecule has 1 heterocycles. The van der Waals surface area contributed by atoms with E-state index in [2.05, 4.69) is 13.8 Å². The van der Waals surface area contributed by atoms with Crippen LogP contribution < -0.4 is 0 Å². The SMILES string of the molecule is CC1CSCC(C)C1CC(=O)O. The van der Waals surface area contributed by atoms with Crippen LogP contribution in [0.2, 0.25) is 0 Å². The molecule has 0 aromatic heterocycles. The van der Waals surface area contributed by atoms with Crippen molar-refractivity contribution in [3.8, 4) is 0 Å². The lowest BCUT2D eigenvalue weighted by molar-refractivity contribution is -0.138. The van der Waals surface area contributed by atoms with E-state index in [-0.39, 0.29) is 0 Å². The van der Waals surface area contributed by atoms with Gasteiger partial charge in [0.1, 0.15) is 0 Å². The average molecular weight is 188 g/mol. The predicted molar refractivity (Wildman–Crippen MR) is 51.4 cm³/mol. The summed E-state index contributed by atoms with van der Waals surface area (Å²) in [5, 5.41) is 8.69. The summed E-state index contributed by atoms with van der Waals surface area (Å²) in [6, 6.07) is 0. The molecule has 1 saturated heterocycles. The molecule has 3 heteroatoms. The first-order valence-electron chi connectivity index (χ1n) is 4.40. The van der Waals surface area contributed by atoms with Gasteiger partial charge in [-0.2, -0.15) is 11.8 Å². The van der Waals surface area contributed by atoms with Gasteiger partial charge in [-0.3, -0.25) is 4.79 Å². The topological polar surface area (TPSA) is 37.3 Å². The van der Waals surface area contributed by atoms with E-state index in [1.54, 1.807) is 0 Å². The standard InChI is InChI=1S/C9H16O2S/c1-6-4-12-5-7(2)8(6)3-9(10)11/h6-8H,3-5H2,1-2H3,(H,10,11). The number of carboxylic acid groups (broad SMARTS) is 1. The normalized spacial score (nSPS) is 36.3.